The molecule has 1 amide bonds. The lowest BCUT2D eigenvalue weighted by molar-refractivity contribution is -0.384. The van der Waals surface area contributed by atoms with E-state index in [0.29, 0.717) is 5.75 Å². The second kappa shape index (κ2) is 9.54. The summed E-state index contributed by atoms with van der Waals surface area (Å²) < 4.78 is 15.6. The molecule has 2 aromatic rings. The van der Waals surface area contributed by atoms with Crippen LogP contribution in [-0.4, -0.2) is 36.6 Å². The third kappa shape index (κ3) is 5.93. The van der Waals surface area contributed by atoms with E-state index in [9.17, 15) is 19.7 Å². The number of carbonyl (C=O) groups is 2. The van der Waals surface area contributed by atoms with Crippen molar-refractivity contribution < 1.29 is 28.7 Å². The van der Waals surface area contributed by atoms with Gasteiger partial charge in [-0.15, -0.1) is 0 Å². The van der Waals surface area contributed by atoms with E-state index < -0.39 is 22.9 Å². The molecule has 0 fully saturated rings. The Labute approximate surface area is 167 Å². The third-order valence-corrected chi connectivity index (χ3v) is 4.01. The van der Waals surface area contributed by atoms with Gasteiger partial charge in [0.25, 0.3) is 11.6 Å². The number of non-ortho nitro benzene ring substituents is 1. The zero-order valence-corrected chi connectivity index (χ0v) is 16.6. The highest BCUT2D eigenvalue weighted by Gasteiger charge is 2.21. The maximum absolute atomic E-state index is 12.3. The number of benzene rings is 2. The van der Waals surface area contributed by atoms with Crippen LogP contribution in [0.25, 0.3) is 0 Å². The molecule has 0 aliphatic carbocycles. The molecule has 0 aliphatic heterocycles. The van der Waals surface area contributed by atoms with Crippen LogP contribution < -0.4 is 14.8 Å². The average Bonchev–Trinajstić information content (AvgIpc) is 2.67. The minimum absolute atomic E-state index is 0.115. The summed E-state index contributed by atoms with van der Waals surface area (Å²) in [5.74, 6) is -0.648. The van der Waals surface area contributed by atoms with E-state index in [1.807, 2.05) is 26.0 Å². The summed E-state index contributed by atoms with van der Waals surface area (Å²) in [6, 6.07) is 9.30. The molecule has 1 N–H and O–H groups in total. The van der Waals surface area contributed by atoms with Crippen molar-refractivity contribution in [3.05, 3.63) is 57.6 Å². The van der Waals surface area contributed by atoms with E-state index in [1.54, 1.807) is 6.07 Å². The number of carbonyl (C=O) groups excluding carboxylic acids is 2. The van der Waals surface area contributed by atoms with E-state index in [-0.39, 0.29) is 23.7 Å². The molecule has 9 heteroatoms. The summed E-state index contributed by atoms with van der Waals surface area (Å²) in [7, 11) is 1.32. The highest BCUT2D eigenvalue weighted by Crippen LogP contribution is 2.29. The van der Waals surface area contributed by atoms with Gasteiger partial charge in [-0.25, -0.2) is 4.79 Å². The fourth-order valence-electron chi connectivity index (χ4n) is 2.51. The van der Waals surface area contributed by atoms with Crippen molar-refractivity contribution in [3.63, 3.8) is 0 Å². The van der Waals surface area contributed by atoms with Crippen molar-refractivity contribution in [2.75, 3.05) is 19.0 Å². The van der Waals surface area contributed by atoms with Crippen LogP contribution >= 0.6 is 0 Å². The molecular weight excluding hydrogens is 380 g/mol. The van der Waals surface area contributed by atoms with Crippen molar-refractivity contribution >= 4 is 23.3 Å². The molecule has 29 heavy (non-hydrogen) atoms. The largest absolute Gasteiger partial charge is 0.494 e. The van der Waals surface area contributed by atoms with Crippen LogP contribution in [0.4, 0.5) is 11.4 Å². The number of nitro benzene ring substituents is 1. The Hall–Kier alpha value is -3.62. The Morgan fingerprint density at radius 3 is 2.48 bits per heavy atom. The first kappa shape index (κ1) is 21.7. The van der Waals surface area contributed by atoms with Crippen molar-refractivity contribution in [3.8, 4) is 11.5 Å². The first-order valence-electron chi connectivity index (χ1n) is 8.74. The van der Waals surface area contributed by atoms with Gasteiger partial charge in [0.15, 0.2) is 12.7 Å². The number of nitrogens with zero attached hydrogens (tertiary/aromatic N) is 1. The summed E-state index contributed by atoms with van der Waals surface area (Å²) >= 11 is 0. The van der Waals surface area contributed by atoms with Gasteiger partial charge in [0.2, 0.25) is 0 Å². The molecule has 0 radical (unpaired) electrons. The molecule has 0 spiro atoms. The molecule has 0 saturated heterocycles. The Bertz CT molecular complexity index is 927. The fraction of sp³-hybridized carbons (Fsp3) is 0.300. The third-order valence-electron chi connectivity index (χ3n) is 4.01. The fourth-order valence-corrected chi connectivity index (χ4v) is 2.51. The molecule has 1 atom stereocenters. The van der Waals surface area contributed by atoms with Crippen LogP contribution in [0.1, 0.15) is 18.1 Å². The minimum Gasteiger partial charge on any atom is -0.494 e. The lowest BCUT2D eigenvalue weighted by Crippen LogP contribution is -2.31. The topological polar surface area (TPSA) is 117 Å². The number of hydrogen-bond acceptors (Lipinski definition) is 7. The molecule has 154 valence electrons. The predicted octanol–water partition coefficient (Wildman–Crippen LogP) is 3.17. The molecule has 0 saturated carbocycles. The lowest BCUT2D eigenvalue weighted by atomic mass is 10.1. The zero-order chi connectivity index (χ0) is 21.6. The summed E-state index contributed by atoms with van der Waals surface area (Å²) in [6.45, 7) is 4.87. The van der Waals surface area contributed by atoms with Crippen LogP contribution in [0.3, 0.4) is 0 Å². The van der Waals surface area contributed by atoms with Crippen LogP contribution in [0.5, 0.6) is 11.5 Å². The van der Waals surface area contributed by atoms with Crippen LogP contribution in [0.2, 0.25) is 0 Å². The maximum Gasteiger partial charge on any atom is 0.344 e. The van der Waals surface area contributed by atoms with Gasteiger partial charge in [-0.3, -0.25) is 14.9 Å². The summed E-state index contributed by atoms with van der Waals surface area (Å²) in [5, 5.41) is 13.3. The molecular formula is C20H22N2O7. The van der Waals surface area contributed by atoms with Gasteiger partial charge in [-0.05, 0) is 38.5 Å². The summed E-state index contributed by atoms with van der Waals surface area (Å²) in [5.41, 5.74) is 2.00. The van der Waals surface area contributed by atoms with E-state index in [0.717, 1.165) is 11.1 Å². The maximum atomic E-state index is 12.3. The van der Waals surface area contributed by atoms with Crippen molar-refractivity contribution in [2.24, 2.45) is 0 Å². The van der Waals surface area contributed by atoms with Gasteiger partial charge in [0.1, 0.15) is 11.5 Å². The number of methoxy groups -OCH3 is 1. The van der Waals surface area contributed by atoms with Gasteiger partial charge in [-0.1, -0.05) is 17.7 Å². The summed E-state index contributed by atoms with van der Waals surface area (Å²) in [6.07, 6.45) is -1.11. The SMILES string of the molecule is COc1cc([N+](=O)[O-])ccc1NC(=O)[C@H](C)OC(=O)COc1ccc(C)cc1C. The van der Waals surface area contributed by atoms with Gasteiger partial charge < -0.3 is 19.5 Å². The Morgan fingerprint density at radius 2 is 1.86 bits per heavy atom. The highest BCUT2D eigenvalue weighted by atomic mass is 16.6. The second-order valence-electron chi connectivity index (χ2n) is 6.32. The smallest absolute Gasteiger partial charge is 0.344 e. The molecule has 0 bridgehead atoms. The van der Waals surface area contributed by atoms with Gasteiger partial charge in [0, 0.05) is 6.07 Å². The number of aryl methyl sites for hydroxylation is 2. The number of hydrogen-bond donors (Lipinski definition) is 1. The van der Waals surface area contributed by atoms with Crippen molar-refractivity contribution in [2.45, 2.75) is 26.9 Å². The number of nitrogens with one attached hydrogen (secondary N) is 1. The van der Waals surface area contributed by atoms with Gasteiger partial charge in [0.05, 0.1) is 23.8 Å². The van der Waals surface area contributed by atoms with Crippen molar-refractivity contribution in [1.29, 1.82) is 0 Å². The van der Waals surface area contributed by atoms with Crippen molar-refractivity contribution in [1.82, 2.24) is 0 Å². The number of ether oxygens (including phenoxy) is 3. The monoisotopic (exact) mass is 402 g/mol. The molecule has 0 unspecified atom stereocenters. The van der Waals surface area contributed by atoms with E-state index in [2.05, 4.69) is 5.32 Å². The number of anilines is 1. The van der Waals surface area contributed by atoms with Crippen LogP contribution in [-0.2, 0) is 14.3 Å². The standard InChI is InChI=1S/C20H22N2O7/c1-12-5-8-17(13(2)9-12)28-11-19(23)29-14(3)20(24)21-16-7-6-15(22(25)26)10-18(16)27-4/h5-10,14H,11H2,1-4H3,(H,21,24)/t14-/m0/s1. The predicted molar refractivity (Wildman–Crippen MR) is 105 cm³/mol. The van der Waals surface area contributed by atoms with Gasteiger partial charge >= 0.3 is 5.97 Å². The number of nitro groups is 1. The molecule has 0 aromatic heterocycles. The van der Waals surface area contributed by atoms with Crippen LogP contribution in [0, 0.1) is 24.0 Å². The lowest BCUT2D eigenvalue weighted by Gasteiger charge is -2.15. The van der Waals surface area contributed by atoms with Crippen LogP contribution in [0.15, 0.2) is 36.4 Å². The quantitative estimate of drug-likeness (QED) is 0.409. The average molecular weight is 402 g/mol. The minimum atomic E-state index is -1.11. The number of esters is 1. The first-order valence-corrected chi connectivity index (χ1v) is 8.74. The molecule has 2 aromatic carbocycles. The molecule has 0 aliphatic rings. The molecule has 2 rings (SSSR count). The number of amides is 1. The molecule has 0 heterocycles. The molecule has 9 nitrogen and oxygen atoms in total. The van der Waals surface area contributed by atoms with E-state index in [4.69, 9.17) is 14.2 Å². The Balaban J connectivity index is 1.93. The van der Waals surface area contributed by atoms with E-state index >= 15 is 0 Å². The highest BCUT2D eigenvalue weighted by molar-refractivity contribution is 5.96. The van der Waals surface area contributed by atoms with Gasteiger partial charge in [-0.2, -0.15) is 0 Å². The summed E-state index contributed by atoms with van der Waals surface area (Å²) in [4.78, 5) is 34.5. The second-order valence-corrected chi connectivity index (χ2v) is 6.32. The first-order chi connectivity index (χ1) is 13.7. The Kier molecular flexibility index (Phi) is 7.13. The zero-order valence-electron chi connectivity index (χ0n) is 16.6. The van der Waals surface area contributed by atoms with E-state index in [1.165, 1.54) is 32.2 Å². The number of rotatable bonds is 8. The normalized spacial score (nSPS) is 11.3. The Morgan fingerprint density at radius 1 is 1.14 bits per heavy atom.